The molecule has 15 heavy (non-hydrogen) atoms. The Kier molecular flexibility index (Phi) is 5.40. The lowest BCUT2D eigenvalue weighted by Gasteiger charge is -2.29. The molecule has 1 aliphatic rings. The molecule has 0 aromatic heterocycles. The zero-order valence-corrected chi connectivity index (χ0v) is 9.74. The smallest absolute Gasteiger partial charge is 0.306 e. The zero-order chi connectivity index (χ0) is 11.1. The molecule has 0 aromatic carbocycles. The fourth-order valence-corrected chi connectivity index (χ4v) is 1.99. The van der Waals surface area contributed by atoms with E-state index in [1.807, 2.05) is 0 Å². The molecule has 1 rings (SSSR count). The van der Waals surface area contributed by atoms with Crippen molar-refractivity contribution in [2.24, 2.45) is 0 Å². The van der Waals surface area contributed by atoms with Crippen molar-refractivity contribution in [2.75, 3.05) is 20.2 Å². The number of carbonyl (C=O) groups excluding carboxylic acids is 1. The number of esters is 1. The van der Waals surface area contributed by atoms with E-state index in [-0.39, 0.29) is 5.97 Å². The Morgan fingerprint density at radius 1 is 1.60 bits per heavy atom. The Bertz CT molecular complexity index is 226. The molecule has 0 saturated carbocycles. The van der Waals surface area contributed by atoms with Crippen LogP contribution in [0.25, 0.3) is 0 Å². The molecule has 0 fully saturated rings. The molecule has 0 radical (unpaired) electrons. The summed E-state index contributed by atoms with van der Waals surface area (Å²) in [5.74, 6) is -0.117. The third-order valence-corrected chi connectivity index (χ3v) is 2.93. The van der Waals surface area contributed by atoms with Crippen LogP contribution in [0.1, 0.15) is 32.6 Å². The molecule has 1 atom stereocenters. The Morgan fingerprint density at radius 2 is 2.40 bits per heavy atom. The van der Waals surface area contributed by atoms with Gasteiger partial charge < -0.3 is 4.74 Å². The van der Waals surface area contributed by atoms with Gasteiger partial charge in [0.15, 0.2) is 0 Å². The van der Waals surface area contributed by atoms with Gasteiger partial charge in [0, 0.05) is 12.6 Å². The topological polar surface area (TPSA) is 29.5 Å². The van der Waals surface area contributed by atoms with Crippen LogP contribution in [0.2, 0.25) is 0 Å². The molecule has 0 aromatic rings. The zero-order valence-electron chi connectivity index (χ0n) is 9.74. The quantitative estimate of drug-likeness (QED) is 0.514. The third-order valence-electron chi connectivity index (χ3n) is 2.93. The highest BCUT2D eigenvalue weighted by Gasteiger charge is 2.16. The second kappa shape index (κ2) is 6.62. The average Bonchev–Trinajstić information content (AvgIpc) is 2.31. The largest absolute Gasteiger partial charge is 0.469 e. The molecule has 0 amide bonds. The number of hydrogen-bond donors (Lipinski definition) is 0. The molecule has 0 N–H and O–H groups in total. The van der Waals surface area contributed by atoms with Crippen LogP contribution in [0, 0.1) is 0 Å². The van der Waals surface area contributed by atoms with E-state index in [1.165, 1.54) is 26.4 Å². The predicted octanol–water partition coefficient (Wildman–Crippen LogP) is 1.98. The van der Waals surface area contributed by atoms with E-state index >= 15 is 0 Å². The van der Waals surface area contributed by atoms with E-state index in [0.717, 1.165) is 13.1 Å². The minimum absolute atomic E-state index is 0.117. The minimum atomic E-state index is -0.117. The number of methoxy groups -OCH3 is 1. The molecule has 1 unspecified atom stereocenters. The first-order valence-electron chi connectivity index (χ1n) is 5.75. The van der Waals surface area contributed by atoms with Crippen molar-refractivity contribution in [1.29, 1.82) is 0 Å². The van der Waals surface area contributed by atoms with Crippen molar-refractivity contribution in [2.45, 2.75) is 38.6 Å². The first kappa shape index (κ1) is 12.2. The van der Waals surface area contributed by atoms with Crippen molar-refractivity contribution < 1.29 is 9.53 Å². The number of hydrogen-bond acceptors (Lipinski definition) is 3. The van der Waals surface area contributed by atoms with Gasteiger partial charge in [0.05, 0.1) is 13.5 Å². The van der Waals surface area contributed by atoms with Gasteiger partial charge in [-0.05, 0) is 25.8 Å². The third kappa shape index (κ3) is 4.04. The number of allylic oxidation sites excluding steroid dienone is 1. The summed E-state index contributed by atoms with van der Waals surface area (Å²) >= 11 is 0. The highest BCUT2D eigenvalue weighted by atomic mass is 16.5. The minimum Gasteiger partial charge on any atom is -0.469 e. The Labute approximate surface area is 92.1 Å². The van der Waals surface area contributed by atoms with Gasteiger partial charge in [0.2, 0.25) is 0 Å². The van der Waals surface area contributed by atoms with Crippen molar-refractivity contribution >= 4 is 5.97 Å². The van der Waals surface area contributed by atoms with E-state index in [1.54, 1.807) is 0 Å². The average molecular weight is 211 g/mol. The lowest BCUT2D eigenvalue weighted by molar-refractivity contribution is -0.141. The molecule has 3 heteroatoms. The number of carbonyl (C=O) groups is 1. The fraction of sp³-hybridized carbons (Fsp3) is 0.750. The summed E-state index contributed by atoms with van der Waals surface area (Å²) in [4.78, 5) is 13.4. The standard InChI is InChI=1S/C12H21NO2/c1-3-13(10-9-12(14)15-2)11-7-5-4-6-8-11/h5,7,11H,3-4,6,8-10H2,1-2H3. The van der Waals surface area contributed by atoms with E-state index in [9.17, 15) is 4.79 Å². The molecular formula is C12H21NO2. The van der Waals surface area contributed by atoms with Crippen molar-refractivity contribution in [3.05, 3.63) is 12.2 Å². The Morgan fingerprint density at radius 3 is 2.93 bits per heavy atom. The predicted molar refractivity (Wildman–Crippen MR) is 60.7 cm³/mol. The molecular weight excluding hydrogens is 190 g/mol. The van der Waals surface area contributed by atoms with Gasteiger partial charge in [-0.1, -0.05) is 19.1 Å². The summed E-state index contributed by atoms with van der Waals surface area (Å²) in [5.41, 5.74) is 0. The SMILES string of the molecule is CCN(CCC(=O)OC)C1C=CCCC1. The van der Waals surface area contributed by atoms with Crippen LogP contribution in [0.3, 0.4) is 0 Å². The van der Waals surface area contributed by atoms with Crippen LogP contribution in [0.15, 0.2) is 12.2 Å². The normalized spacial score (nSPS) is 20.6. The molecule has 0 saturated heterocycles. The van der Waals surface area contributed by atoms with Crippen LogP contribution in [-0.4, -0.2) is 37.1 Å². The molecule has 0 spiro atoms. The first-order chi connectivity index (χ1) is 7.27. The van der Waals surface area contributed by atoms with Gasteiger partial charge >= 0.3 is 5.97 Å². The fourth-order valence-electron chi connectivity index (χ4n) is 1.99. The monoisotopic (exact) mass is 211 g/mol. The van der Waals surface area contributed by atoms with Crippen molar-refractivity contribution in [3.8, 4) is 0 Å². The molecule has 0 bridgehead atoms. The van der Waals surface area contributed by atoms with Gasteiger partial charge in [0.1, 0.15) is 0 Å². The van der Waals surface area contributed by atoms with E-state index in [0.29, 0.717) is 12.5 Å². The van der Waals surface area contributed by atoms with E-state index in [4.69, 9.17) is 0 Å². The van der Waals surface area contributed by atoms with Crippen LogP contribution in [0.5, 0.6) is 0 Å². The molecule has 1 aliphatic carbocycles. The van der Waals surface area contributed by atoms with Gasteiger partial charge in [-0.2, -0.15) is 0 Å². The molecule has 86 valence electrons. The lowest BCUT2D eigenvalue weighted by atomic mass is 10.0. The van der Waals surface area contributed by atoms with Crippen LogP contribution in [-0.2, 0) is 9.53 Å². The highest BCUT2D eigenvalue weighted by Crippen LogP contribution is 2.16. The summed E-state index contributed by atoms with van der Waals surface area (Å²) < 4.78 is 4.65. The summed E-state index contributed by atoms with van der Waals surface area (Å²) in [6.07, 6.45) is 8.68. The van der Waals surface area contributed by atoms with Gasteiger partial charge in [-0.25, -0.2) is 0 Å². The summed E-state index contributed by atoms with van der Waals surface area (Å²) in [6.45, 7) is 3.93. The molecule has 0 heterocycles. The highest BCUT2D eigenvalue weighted by molar-refractivity contribution is 5.69. The maximum atomic E-state index is 11.0. The molecule has 0 aliphatic heterocycles. The maximum absolute atomic E-state index is 11.0. The van der Waals surface area contributed by atoms with Gasteiger partial charge in [-0.3, -0.25) is 9.69 Å². The first-order valence-corrected chi connectivity index (χ1v) is 5.75. The number of nitrogens with zero attached hydrogens (tertiary/aromatic N) is 1. The van der Waals surface area contributed by atoms with Crippen molar-refractivity contribution in [3.63, 3.8) is 0 Å². The second-order valence-electron chi connectivity index (χ2n) is 3.88. The van der Waals surface area contributed by atoms with Gasteiger partial charge in [-0.15, -0.1) is 0 Å². The van der Waals surface area contributed by atoms with Crippen LogP contribution < -0.4 is 0 Å². The second-order valence-corrected chi connectivity index (χ2v) is 3.88. The Hall–Kier alpha value is -0.830. The molecule has 3 nitrogen and oxygen atoms in total. The van der Waals surface area contributed by atoms with Gasteiger partial charge in [0.25, 0.3) is 0 Å². The number of rotatable bonds is 5. The van der Waals surface area contributed by atoms with Crippen molar-refractivity contribution in [1.82, 2.24) is 4.90 Å². The summed E-state index contributed by atoms with van der Waals surface area (Å²) in [5, 5.41) is 0. The van der Waals surface area contributed by atoms with Crippen LogP contribution >= 0.6 is 0 Å². The Balaban J connectivity index is 2.37. The number of likely N-dealkylation sites (N-methyl/N-ethyl adjacent to an activating group) is 1. The van der Waals surface area contributed by atoms with E-state index in [2.05, 4.69) is 28.7 Å². The summed E-state index contributed by atoms with van der Waals surface area (Å²) in [7, 11) is 1.44. The van der Waals surface area contributed by atoms with E-state index < -0.39 is 0 Å². The lowest BCUT2D eigenvalue weighted by Crippen LogP contribution is -2.36. The summed E-state index contributed by atoms with van der Waals surface area (Å²) in [6, 6.07) is 0.522. The maximum Gasteiger partial charge on any atom is 0.306 e. The number of ether oxygens (including phenoxy) is 1. The van der Waals surface area contributed by atoms with Crippen LogP contribution in [0.4, 0.5) is 0 Å².